The van der Waals surface area contributed by atoms with Gasteiger partial charge in [0, 0.05) is 18.9 Å². The Morgan fingerprint density at radius 3 is 2.47 bits per heavy atom. The van der Waals surface area contributed by atoms with Gasteiger partial charge >= 0.3 is 5.97 Å². The van der Waals surface area contributed by atoms with Crippen LogP contribution in [0.2, 0.25) is 0 Å². The second-order valence-corrected chi connectivity index (χ2v) is 5.17. The first-order valence-electron chi connectivity index (χ1n) is 5.25. The topological polar surface area (TPSA) is 43.4 Å². The molecule has 0 aromatic carbocycles. The van der Waals surface area contributed by atoms with Gasteiger partial charge in [-0.3, -0.25) is 9.59 Å². The summed E-state index contributed by atoms with van der Waals surface area (Å²) in [4.78, 5) is 22.7. The molecule has 0 aliphatic heterocycles. The van der Waals surface area contributed by atoms with E-state index in [9.17, 15) is 9.59 Å². The van der Waals surface area contributed by atoms with E-state index in [2.05, 4.69) is 0 Å². The number of esters is 1. The van der Waals surface area contributed by atoms with E-state index in [1.807, 2.05) is 13.8 Å². The molecule has 0 spiro atoms. The van der Waals surface area contributed by atoms with Gasteiger partial charge in [-0.25, -0.2) is 0 Å². The van der Waals surface area contributed by atoms with Crippen molar-refractivity contribution in [1.29, 1.82) is 0 Å². The molecular formula is C12H18O3. The smallest absolute Gasteiger partial charge is 0.313 e. The lowest BCUT2D eigenvalue weighted by Crippen LogP contribution is -2.24. The first-order chi connectivity index (χ1) is 6.80. The summed E-state index contributed by atoms with van der Waals surface area (Å²) in [5.74, 6) is 0.116. The molecule has 0 heterocycles. The van der Waals surface area contributed by atoms with Crippen LogP contribution in [0.25, 0.3) is 0 Å². The minimum absolute atomic E-state index is 0.0396. The molecule has 0 aromatic heterocycles. The number of allylic oxidation sites excluding steroid dienone is 2. The van der Waals surface area contributed by atoms with Gasteiger partial charge in [0.25, 0.3) is 0 Å². The Hall–Kier alpha value is -1.12. The van der Waals surface area contributed by atoms with Crippen molar-refractivity contribution in [2.45, 2.75) is 40.5 Å². The molecule has 0 unspecified atom stereocenters. The summed E-state index contributed by atoms with van der Waals surface area (Å²) in [6, 6.07) is 0. The number of carbonyl (C=O) groups excluding carboxylic acids is 2. The Morgan fingerprint density at radius 2 is 2.00 bits per heavy atom. The lowest BCUT2D eigenvalue weighted by atomic mass is 9.79. The van der Waals surface area contributed by atoms with Crippen LogP contribution in [-0.4, -0.2) is 11.8 Å². The minimum atomic E-state index is -0.272. The van der Waals surface area contributed by atoms with Crippen molar-refractivity contribution in [1.82, 2.24) is 0 Å². The number of ketones is 1. The summed E-state index contributed by atoms with van der Waals surface area (Å²) in [5, 5.41) is 0. The number of ether oxygens (including phenoxy) is 1. The quantitative estimate of drug-likeness (QED) is 0.657. The molecule has 0 atom stereocenters. The first-order valence-corrected chi connectivity index (χ1v) is 5.25. The van der Waals surface area contributed by atoms with E-state index in [-0.39, 0.29) is 23.1 Å². The highest BCUT2D eigenvalue weighted by Crippen LogP contribution is 2.34. The third kappa shape index (κ3) is 3.50. The van der Waals surface area contributed by atoms with E-state index >= 15 is 0 Å². The van der Waals surface area contributed by atoms with Crippen molar-refractivity contribution < 1.29 is 14.3 Å². The van der Waals surface area contributed by atoms with E-state index in [4.69, 9.17) is 4.74 Å². The highest BCUT2D eigenvalue weighted by molar-refractivity contribution is 5.92. The molecule has 1 aliphatic rings. The molecule has 15 heavy (non-hydrogen) atoms. The van der Waals surface area contributed by atoms with E-state index in [1.165, 1.54) is 6.08 Å². The van der Waals surface area contributed by atoms with E-state index in [1.54, 1.807) is 13.8 Å². The first kappa shape index (κ1) is 12.0. The van der Waals surface area contributed by atoms with Crippen LogP contribution in [0.15, 0.2) is 11.8 Å². The van der Waals surface area contributed by atoms with E-state index in [0.717, 1.165) is 0 Å². The highest BCUT2D eigenvalue weighted by atomic mass is 16.5. The molecule has 1 rings (SSSR count). The van der Waals surface area contributed by atoms with Crippen molar-refractivity contribution in [3.05, 3.63) is 11.8 Å². The fourth-order valence-electron chi connectivity index (χ4n) is 1.60. The summed E-state index contributed by atoms with van der Waals surface area (Å²) in [6.07, 6.45) is 2.62. The molecule has 84 valence electrons. The average Bonchev–Trinajstić information content (AvgIpc) is 1.99. The fourth-order valence-corrected chi connectivity index (χ4v) is 1.60. The van der Waals surface area contributed by atoms with Gasteiger partial charge in [-0.15, -0.1) is 0 Å². The second-order valence-electron chi connectivity index (χ2n) is 5.17. The van der Waals surface area contributed by atoms with Gasteiger partial charge in [-0.1, -0.05) is 27.7 Å². The van der Waals surface area contributed by atoms with Crippen LogP contribution in [0.5, 0.6) is 0 Å². The average molecular weight is 210 g/mol. The molecule has 0 N–H and O–H groups in total. The number of hydrogen-bond acceptors (Lipinski definition) is 3. The van der Waals surface area contributed by atoms with Gasteiger partial charge < -0.3 is 4.74 Å². The molecule has 3 nitrogen and oxygen atoms in total. The third-order valence-corrected chi connectivity index (χ3v) is 2.33. The number of hydrogen-bond donors (Lipinski definition) is 0. The van der Waals surface area contributed by atoms with E-state index in [0.29, 0.717) is 18.6 Å². The lowest BCUT2D eigenvalue weighted by molar-refractivity contribution is -0.143. The van der Waals surface area contributed by atoms with Crippen molar-refractivity contribution in [2.75, 3.05) is 0 Å². The predicted octanol–water partition coefficient (Wildman–Crippen LogP) is 2.46. The van der Waals surface area contributed by atoms with Crippen molar-refractivity contribution >= 4 is 11.8 Å². The highest BCUT2D eigenvalue weighted by Gasteiger charge is 2.29. The molecule has 0 saturated carbocycles. The molecular weight excluding hydrogens is 192 g/mol. The summed E-state index contributed by atoms with van der Waals surface area (Å²) in [5.41, 5.74) is -0.0988. The molecule has 3 heteroatoms. The van der Waals surface area contributed by atoms with Gasteiger partial charge in [0.2, 0.25) is 0 Å². The van der Waals surface area contributed by atoms with Crippen LogP contribution < -0.4 is 0 Å². The summed E-state index contributed by atoms with van der Waals surface area (Å²) < 4.78 is 5.16. The summed E-state index contributed by atoms with van der Waals surface area (Å²) in [6.45, 7) is 7.56. The van der Waals surface area contributed by atoms with Crippen molar-refractivity contribution in [3.63, 3.8) is 0 Å². The summed E-state index contributed by atoms with van der Waals surface area (Å²) >= 11 is 0. The molecule has 0 radical (unpaired) electrons. The van der Waals surface area contributed by atoms with Gasteiger partial charge in [-0.2, -0.15) is 0 Å². The standard InChI is InChI=1S/C12H18O3/c1-8(2)11(14)15-10-5-9(13)6-12(3,4)7-10/h5,8H,6-7H2,1-4H3. The monoisotopic (exact) mass is 210 g/mol. The zero-order valence-electron chi connectivity index (χ0n) is 9.79. The van der Waals surface area contributed by atoms with E-state index < -0.39 is 0 Å². The zero-order valence-corrected chi connectivity index (χ0v) is 9.79. The molecule has 0 aromatic rings. The summed E-state index contributed by atoms with van der Waals surface area (Å²) in [7, 11) is 0. The SMILES string of the molecule is CC(C)C(=O)OC1=CC(=O)CC(C)(C)C1. The molecule has 0 saturated heterocycles. The van der Waals surface area contributed by atoms with Crippen LogP contribution >= 0.6 is 0 Å². The molecule has 0 bridgehead atoms. The Balaban J connectivity index is 2.71. The minimum Gasteiger partial charge on any atom is -0.431 e. The maximum absolute atomic E-state index is 11.4. The maximum Gasteiger partial charge on any atom is 0.313 e. The van der Waals surface area contributed by atoms with Crippen LogP contribution in [0.4, 0.5) is 0 Å². The Bertz CT molecular complexity index is 311. The molecule has 0 fully saturated rings. The number of rotatable bonds is 2. The Labute approximate surface area is 90.5 Å². The van der Waals surface area contributed by atoms with Crippen molar-refractivity contribution in [3.8, 4) is 0 Å². The lowest BCUT2D eigenvalue weighted by Gasteiger charge is -2.28. The van der Waals surface area contributed by atoms with Crippen LogP contribution in [0.3, 0.4) is 0 Å². The van der Waals surface area contributed by atoms with Gasteiger partial charge in [0.05, 0.1) is 5.92 Å². The second kappa shape index (κ2) is 4.17. The van der Waals surface area contributed by atoms with Gasteiger partial charge in [0.1, 0.15) is 5.76 Å². The fraction of sp³-hybridized carbons (Fsp3) is 0.667. The number of carbonyl (C=O) groups is 2. The Kier molecular flexibility index (Phi) is 3.32. The van der Waals surface area contributed by atoms with Crippen LogP contribution in [0, 0.1) is 11.3 Å². The van der Waals surface area contributed by atoms with Gasteiger partial charge in [0.15, 0.2) is 5.78 Å². The van der Waals surface area contributed by atoms with Crippen LogP contribution in [0.1, 0.15) is 40.5 Å². The third-order valence-electron chi connectivity index (χ3n) is 2.33. The van der Waals surface area contributed by atoms with Crippen molar-refractivity contribution in [2.24, 2.45) is 11.3 Å². The predicted molar refractivity (Wildman–Crippen MR) is 57.0 cm³/mol. The van der Waals surface area contributed by atoms with Gasteiger partial charge in [-0.05, 0) is 5.41 Å². The van der Waals surface area contributed by atoms with Crippen LogP contribution in [-0.2, 0) is 14.3 Å². The Morgan fingerprint density at radius 1 is 1.40 bits per heavy atom. The largest absolute Gasteiger partial charge is 0.431 e. The molecule has 0 amide bonds. The normalized spacial score (nSPS) is 20.1. The molecule has 1 aliphatic carbocycles. The maximum atomic E-state index is 11.4. The zero-order chi connectivity index (χ0) is 11.6.